The Hall–Kier alpha value is -1.18. The molecule has 2 nitrogen and oxygen atoms in total. The van der Waals surface area contributed by atoms with Gasteiger partial charge in [0.2, 0.25) is 0 Å². The molecule has 20 heavy (non-hydrogen) atoms. The summed E-state index contributed by atoms with van der Waals surface area (Å²) in [5.74, 6) is 0.505. The topological polar surface area (TPSA) is 34.1 Å². The summed E-state index contributed by atoms with van der Waals surface area (Å²) in [6.45, 7) is 3.29. The lowest BCUT2D eigenvalue weighted by molar-refractivity contribution is -0.116. The minimum atomic E-state index is 0.205. The quantitative estimate of drug-likeness (QED) is 0.541. The molecule has 0 aliphatic heterocycles. The van der Waals surface area contributed by atoms with E-state index in [1.165, 1.54) is 49.7 Å². The molecule has 0 radical (unpaired) electrons. The number of ketones is 2. The number of Topliss-reactive ketones (excluding diaryl/α,β-unsaturated/α-hetero) is 1. The Kier molecular flexibility index (Phi) is 8.17. The summed E-state index contributed by atoms with van der Waals surface area (Å²) in [6, 6.07) is 0. The lowest BCUT2D eigenvalue weighted by Gasteiger charge is -2.12. The molecule has 0 amide bonds. The van der Waals surface area contributed by atoms with Crippen LogP contribution in [0.3, 0.4) is 0 Å². The second-order valence-corrected chi connectivity index (χ2v) is 5.96. The second kappa shape index (κ2) is 9.68. The van der Waals surface area contributed by atoms with Gasteiger partial charge in [0.25, 0.3) is 0 Å². The summed E-state index contributed by atoms with van der Waals surface area (Å²) in [7, 11) is 0. The van der Waals surface area contributed by atoms with E-state index in [9.17, 15) is 9.59 Å². The third kappa shape index (κ3) is 8.08. The van der Waals surface area contributed by atoms with Crippen LogP contribution >= 0.6 is 0 Å². The Balaban J connectivity index is 0.000000200. The minimum Gasteiger partial charge on any atom is -0.300 e. The van der Waals surface area contributed by atoms with Crippen molar-refractivity contribution in [3.05, 3.63) is 23.3 Å². The van der Waals surface area contributed by atoms with Gasteiger partial charge >= 0.3 is 0 Å². The van der Waals surface area contributed by atoms with Crippen molar-refractivity contribution >= 4 is 11.6 Å². The zero-order valence-electron chi connectivity index (χ0n) is 13.0. The van der Waals surface area contributed by atoms with Crippen LogP contribution in [0.4, 0.5) is 0 Å². The summed E-state index contributed by atoms with van der Waals surface area (Å²) < 4.78 is 0. The molecule has 1 fully saturated rings. The van der Waals surface area contributed by atoms with Crippen LogP contribution in [0.15, 0.2) is 23.3 Å². The first kappa shape index (κ1) is 16.9. The molecule has 2 heteroatoms. The first-order valence-electron chi connectivity index (χ1n) is 7.95. The standard InChI is InChI=1S/2C9H14O/c2*1-8(10)7-9-5-3-2-4-6-9/h7H,2-6H2,1H3;5H,2-4,6-7H2,1H3. The predicted molar refractivity (Wildman–Crippen MR) is 83.7 cm³/mol. The highest BCUT2D eigenvalue weighted by molar-refractivity contribution is 5.87. The number of allylic oxidation sites excluding steroid dienone is 4. The molecule has 2 rings (SSSR count). The average Bonchev–Trinajstić information content (AvgIpc) is 2.40. The molecule has 0 aromatic rings. The Morgan fingerprint density at radius 2 is 1.65 bits per heavy atom. The normalized spacial score (nSPS) is 18.5. The van der Waals surface area contributed by atoms with Crippen LogP contribution in [0.2, 0.25) is 0 Å². The van der Waals surface area contributed by atoms with E-state index in [1.54, 1.807) is 19.9 Å². The maximum absolute atomic E-state index is 10.7. The van der Waals surface area contributed by atoms with Crippen molar-refractivity contribution in [1.29, 1.82) is 0 Å². The van der Waals surface area contributed by atoms with E-state index in [2.05, 4.69) is 6.08 Å². The lowest BCUT2D eigenvalue weighted by Crippen LogP contribution is -1.97. The van der Waals surface area contributed by atoms with Crippen LogP contribution in [0.25, 0.3) is 0 Å². The molecule has 2 aliphatic carbocycles. The van der Waals surface area contributed by atoms with E-state index in [0.717, 1.165) is 19.3 Å². The van der Waals surface area contributed by atoms with Crippen molar-refractivity contribution in [1.82, 2.24) is 0 Å². The van der Waals surface area contributed by atoms with Gasteiger partial charge in [0, 0.05) is 6.42 Å². The molecule has 2 aliphatic rings. The first-order valence-corrected chi connectivity index (χ1v) is 7.95. The van der Waals surface area contributed by atoms with Gasteiger partial charge in [0.05, 0.1) is 0 Å². The third-order valence-corrected chi connectivity index (χ3v) is 3.76. The Labute approximate surface area is 123 Å². The van der Waals surface area contributed by atoms with Crippen molar-refractivity contribution in [2.75, 3.05) is 0 Å². The van der Waals surface area contributed by atoms with E-state index >= 15 is 0 Å². The lowest BCUT2D eigenvalue weighted by atomic mass is 9.94. The van der Waals surface area contributed by atoms with Gasteiger partial charge in [-0.05, 0) is 71.3 Å². The summed E-state index contributed by atoms with van der Waals surface area (Å²) in [6.07, 6.45) is 15.8. The number of carbonyl (C=O) groups is 2. The van der Waals surface area contributed by atoms with Gasteiger partial charge in [-0.3, -0.25) is 9.59 Å². The summed E-state index contributed by atoms with van der Waals surface area (Å²) in [5.41, 5.74) is 2.72. The molecule has 0 saturated heterocycles. The Morgan fingerprint density at radius 1 is 1.00 bits per heavy atom. The number of hydrogen-bond acceptors (Lipinski definition) is 2. The van der Waals surface area contributed by atoms with Gasteiger partial charge in [-0.15, -0.1) is 0 Å². The van der Waals surface area contributed by atoms with Gasteiger partial charge in [-0.25, -0.2) is 0 Å². The van der Waals surface area contributed by atoms with Crippen molar-refractivity contribution in [3.63, 3.8) is 0 Å². The number of carbonyl (C=O) groups excluding carboxylic acids is 2. The van der Waals surface area contributed by atoms with E-state index in [1.807, 2.05) is 0 Å². The van der Waals surface area contributed by atoms with E-state index in [-0.39, 0.29) is 5.78 Å². The van der Waals surface area contributed by atoms with Crippen molar-refractivity contribution in [2.24, 2.45) is 0 Å². The molecule has 112 valence electrons. The monoisotopic (exact) mass is 276 g/mol. The zero-order valence-corrected chi connectivity index (χ0v) is 13.0. The molecule has 0 spiro atoms. The number of hydrogen-bond donors (Lipinski definition) is 0. The molecule has 0 N–H and O–H groups in total. The highest BCUT2D eigenvalue weighted by Gasteiger charge is 2.05. The minimum absolute atomic E-state index is 0.205. The second-order valence-electron chi connectivity index (χ2n) is 5.96. The molecule has 0 unspecified atom stereocenters. The summed E-state index contributed by atoms with van der Waals surface area (Å²) in [4.78, 5) is 21.3. The average molecular weight is 276 g/mol. The smallest absolute Gasteiger partial charge is 0.152 e. The van der Waals surface area contributed by atoms with Crippen molar-refractivity contribution < 1.29 is 9.59 Å². The van der Waals surface area contributed by atoms with Crippen LogP contribution in [-0.2, 0) is 9.59 Å². The molecule has 0 bridgehead atoms. The molecule has 0 aromatic carbocycles. The fraction of sp³-hybridized carbons (Fsp3) is 0.667. The molecule has 0 heterocycles. The molecule has 0 atom stereocenters. The summed E-state index contributed by atoms with van der Waals surface area (Å²) >= 11 is 0. The Morgan fingerprint density at radius 3 is 2.15 bits per heavy atom. The largest absolute Gasteiger partial charge is 0.300 e. The fourth-order valence-electron chi connectivity index (χ4n) is 2.82. The van der Waals surface area contributed by atoms with Crippen LogP contribution < -0.4 is 0 Å². The van der Waals surface area contributed by atoms with Gasteiger partial charge in [-0.1, -0.05) is 23.6 Å². The maximum Gasteiger partial charge on any atom is 0.152 e. The van der Waals surface area contributed by atoms with Gasteiger partial charge in [-0.2, -0.15) is 0 Å². The first-order chi connectivity index (χ1) is 9.58. The predicted octanol–water partition coefficient (Wildman–Crippen LogP) is 4.93. The van der Waals surface area contributed by atoms with Gasteiger partial charge in [0.15, 0.2) is 5.78 Å². The number of rotatable bonds is 3. The van der Waals surface area contributed by atoms with Crippen molar-refractivity contribution in [2.45, 2.75) is 78.1 Å². The van der Waals surface area contributed by atoms with E-state index in [0.29, 0.717) is 12.2 Å². The van der Waals surface area contributed by atoms with Crippen molar-refractivity contribution in [3.8, 4) is 0 Å². The Bertz CT molecular complexity index is 380. The maximum atomic E-state index is 10.7. The third-order valence-electron chi connectivity index (χ3n) is 3.76. The molecule has 0 aromatic heterocycles. The molecular weight excluding hydrogens is 248 g/mol. The van der Waals surface area contributed by atoms with E-state index in [4.69, 9.17) is 0 Å². The SMILES string of the molecule is CC(=O)C=C1CCCCC1.CC(=O)CC1=CCCCC1. The van der Waals surface area contributed by atoms with Crippen LogP contribution in [0.5, 0.6) is 0 Å². The summed E-state index contributed by atoms with van der Waals surface area (Å²) in [5, 5.41) is 0. The van der Waals surface area contributed by atoms with Gasteiger partial charge < -0.3 is 0 Å². The highest BCUT2D eigenvalue weighted by atomic mass is 16.1. The van der Waals surface area contributed by atoms with Gasteiger partial charge in [0.1, 0.15) is 5.78 Å². The molecular formula is C18H28O2. The van der Waals surface area contributed by atoms with E-state index < -0.39 is 0 Å². The molecule has 1 saturated carbocycles. The van der Waals surface area contributed by atoms with Crippen LogP contribution in [-0.4, -0.2) is 11.6 Å². The van der Waals surface area contributed by atoms with Crippen LogP contribution in [0, 0.1) is 0 Å². The zero-order chi connectivity index (χ0) is 14.8. The van der Waals surface area contributed by atoms with Crippen LogP contribution in [0.1, 0.15) is 78.1 Å². The fourth-order valence-corrected chi connectivity index (χ4v) is 2.82. The highest BCUT2D eigenvalue weighted by Crippen LogP contribution is 2.22.